The molecule has 140 valence electrons. The Hall–Kier alpha value is -1.84. The Morgan fingerprint density at radius 3 is 2.20 bits per heavy atom. The summed E-state index contributed by atoms with van der Waals surface area (Å²) >= 11 is 0. The van der Waals surface area contributed by atoms with E-state index in [-0.39, 0.29) is 11.4 Å². The molecule has 1 unspecified atom stereocenters. The molecular weight excluding hydrogens is 316 g/mol. The van der Waals surface area contributed by atoms with Crippen molar-refractivity contribution in [1.29, 1.82) is 0 Å². The van der Waals surface area contributed by atoms with E-state index in [4.69, 9.17) is 9.47 Å². The zero-order valence-corrected chi connectivity index (χ0v) is 16.3. The summed E-state index contributed by atoms with van der Waals surface area (Å²) < 4.78 is 10.5. The number of unbranched alkanes of at least 4 members (excludes halogenated alkanes) is 2. The van der Waals surface area contributed by atoms with Crippen molar-refractivity contribution in [2.24, 2.45) is 0 Å². The number of benzene rings is 1. The van der Waals surface area contributed by atoms with Crippen LogP contribution in [0, 0.1) is 0 Å². The van der Waals surface area contributed by atoms with Gasteiger partial charge in [-0.2, -0.15) is 0 Å². The van der Waals surface area contributed by atoms with Gasteiger partial charge < -0.3 is 9.47 Å². The van der Waals surface area contributed by atoms with Gasteiger partial charge in [0.25, 0.3) is 0 Å². The number of esters is 2. The maximum Gasteiger partial charge on any atom is 0.308 e. The van der Waals surface area contributed by atoms with Gasteiger partial charge in [-0.1, -0.05) is 64.8 Å². The molecule has 0 spiro atoms. The summed E-state index contributed by atoms with van der Waals surface area (Å²) in [5, 5.41) is 0. The standard InChI is InChI=1S/C21H32O4/c1-6-7-8-9-19(23)25-20(24-16(2)22)15-12-17-10-13-18(14-11-17)21(3,4)5/h10-11,13-14,20H,6-9,12,15H2,1-5H3. The van der Waals surface area contributed by atoms with E-state index in [9.17, 15) is 9.59 Å². The Balaban J connectivity index is 2.57. The molecule has 0 radical (unpaired) electrons. The fraction of sp³-hybridized carbons (Fsp3) is 0.619. The second-order valence-corrected chi connectivity index (χ2v) is 7.47. The van der Waals surface area contributed by atoms with Crippen molar-refractivity contribution in [3.8, 4) is 0 Å². The van der Waals surface area contributed by atoms with Gasteiger partial charge in [-0.25, -0.2) is 0 Å². The number of ether oxygens (including phenoxy) is 2. The molecule has 0 aliphatic carbocycles. The van der Waals surface area contributed by atoms with Crippen LogP contribution >= 0.6 is 0 Å². The predicted octanol–water partition coefficient (Wildman–Crippen LogP) is 4.93. The van der Waals surface area contributed by atoms with Crippen molar-refractivity contribution in [2.45, 2.75) is 84.8 Å². The Kier molecular flexibility index (Phi) is 8.67. The molecule has 0 heterocycles. The molecule has 0 amide bonds. The highest BCUT2D eigenvalue weighted by Crippen LogP contribution is 2.22. The SMILES string of the molecule is CCCCCC(=O)OC(CCc1ccc(C(C)(C)C)cc1)OC(C)=O. The summed E-state index contributed by atoms with van der Waals surface area (Å²) in [6, 6.07) is 8.39. The van der Waals surface area contributed by atoms with Crippen molar-refractivity contribution >= 4 is 11.9 Å². The molecule has 0 fully saturated rings. The average Bonchev–Trinajstić information content (AvgIpc) is 2.52. The topological polar surface area (TPSA) is 52.6 Å². The first-order valence-corrected chi connectivity index (χ1v) is 9.18. The molecule has 0 aliphatic rings. The lowest BCUT2D eigenvalue weighted by atomic mass is 9.86. The van der Waals surface area contributed by atoms with E-state index in [1.807, 2.05) is 0 Å². The molecule has 0 N–H and O–H groups in total. The number of rotatable bonds is 9. The number of hydrogen-bond acceptors (Lipinski definition) is 4. The van der Waals surface area contributed by atoms with Crippen LogP contribution in [0.25, 0.3) is 0 Å². The zero-order chi connectivity index (χ0) is 18.9. The third-order valence-electron chi connectivity index (χ3n) is 4.03. The van der Waals surface area contributed by atoms with Crippen molar-refractivity contribution in [3.05, 3.63) is 35.4 Å². The maximum absolute atomic E-state index is 11.9. The first-order chi connectivity index (χ1) is 11.7. The largest absolute Gasteiger partial charge is 0.425 e. The number of carbonyl (C=O) groups is 2. The molecule has 0 saturated heterocycles. The van der Waals surface area contributed by atoms with Gasteiger partial charge >= 0.3 is 11.9 Å². The normalized spacial score (nSPS) is 12.5. The molecule has 0 aromatic heterocycles. The summed E-state index contributed by atoms with van der Waals surface area (Å²) in [6.07, 6.45) is 3.55. The minimum absolute atomic E-state index is 0.118. The minimum Gasteiger partial charge on any atom is -0.425 e. The third-order valence-corrected chi connectivity index (χ3v) is 4.03. The van der Waals surface area contributed by atoms with Crippen molar-refractivity contribution in [3.63, 3.8) is 0 Å². The third kappa shape index (κ3) is 8.71. The van der Waals surface area contributed by atoms with E-state index in [0.717, 1.165) is 24.8 Å². The molecule has 1 rings (SSSR count). The Bertz CT molecular complexity index is 540. The van der Waals surface area contributed by atoms with E-state index in [1.165, 1.54) is 12.5 Å². The van der Waals surface area contributed by atoms with Crippen LogP contribution in [0.5, 0.6) is 0 Å². The molecule has 4 heteroatoms. The highest BCUT2D eigenvalue weighted by Gasteiger charge is 2.18. The number of hydrogen-bond donors (Lipinski definition) is 0. The summed E-state index contributed by atoms with van der Waals surface area (Å²) in [5.41, 5.74) is 2.52. The van der Waals surface area contributed by atoms with Crippen LogP contribution in [0.4, 0.5) is 0 Å². The monoisotopic (exact) mass is 348 g/mol. The molecule has 0 saturated carbocycles. The van der Waals surface area contributed by atoms with E-state index in [2.05, 4.69) is 52.0 Å². The summed E-state index contributed by atoms with van der Waals surface area (Å²) in [6.45, 7) is 9.94. The van der Waals surface area contributed by atoms with E-state index in [1.54, 1.807) is 0 Å². The zero-order valence-electron chi connectivity index (χ0n) is 16.3. The highest BCUT2D eigenvalue weighted by atomic mass is 16.7. The van der Waals surface area contributed by atoms with E-state index >= 15 is 0 Å². The fourth-order valence-corrected chi connectivity index (χ4v) is 2.51. The van der Waals surface area contributed by atoms with Gasteiger partial charge in [-0.15, -0.1) is 0 Å². The van der Waals surface area contributed by atoms with E-state index in [0.29, 0.717) is 19.3 Å². The van der Waals surface area contributed by atoms with Crippen molar-refractivity contribution in [1.82, 2.24) is 0 Å². The molecule has 25 heavy (non-hydrogen) atoms. The quantitative estimate of drug-likeness (QED) is 0.361. The van der Waals surface area contributed by atoms with Gasteiger partial charge in [-0.05, 0) is 29.4 Å². The predicted molar refractivity (Wildman–Crippen MR) is 99.3 cm³/mol. The lowest BCUT2D eigenvalue weighted by molar-refractivity contribution is -0.187. The van der Waals surface area contributed by atoms with Crippen LogP contribution in [-0.2, 0) is 30.9 Å². The van der Waals surface area contributed by atoms with Gasteiger partial charge in [0.1, 0.15) is 0 Å². The molecule has 1 atom stereocenters. The van der Waals surface area contributed by atoms with Crippen LogP contribution in [-0.4, -0.2) is 18.2 Å². The van der Waals surface area contributed by atoms with E-state index < -0.39 is 12.3 Å². The molecular formula is C21H32O4. The number of carbonyl (C=O) groups excluding carboxylic acids is 2. The minimum atomic E-state index is -0.811. The molecule has 0 bridgehead atoms. The Morgan fingerprint density at radius 1 is 1.04 bits per heavy atom. The fourth-order valence-electron chi connectivity index (χ4n) is 2.51. The van der Waals surface area contributed by atoms with Crippen LogP contribution in [0.2, 0.25) is 0 Å². The second-order valence-electron chi connectivity index (χ2n) is 7.47. The average molecular weight is 348 g/mol. The maximum atomic E-state index is 11.9. The highest BCUT2D eigenvalue weighted by molar-refractivity contribution is 5.70. The lowest BCUT2D eigenvalue weighted by Gasteiger charge is -2.20. The summed E-state index contributed by atoms with van der Waals surface area (Å²) in [7, 11) is 0. The van der Waals surface area contributed by atoms with Gasteiger partial charge in [-0.3, -0.25) is 9.59 Å². The summed E-state index contributed by atoms with van der Waals surface area (Å²) in [4.78, 5) is 23.1. The van der Waals surface area contributed by atoms with Crippen molar-refractivity contribution < 1.29 is 19.1 Å². The van der Waals surface area contributed by atoms with Crippen LogP contribution in [0.15, 0.2) is 24.3 Å². The molecule has 1 aromatic carbocycles. The first-order valence-electron chi connectivity index (χ1n) is 9.18. The van der Waals surface area contributed by atoms with Gasteiger partial charge in [0, 0.05) is 19.8 Å². The van der Waals surface area contributed by atoms with Crippen LogP contribution < -0.4 is 0 Å². The Morgan fingerprint density at radius 2 is 1.68 bits per heavy atom. The molecule has 4 nitrogen and oxygen atoms in total. The summed E-state index contributed by atoms with van der Waals surface area (Å²) in [5.74, 6) is -0.739. The smallest absolute Gasteiger partial charge is 0.308 e. The Labute approximate surface area is 151 Å². The second kappa shape index (κ2) is 10.2. The molecule has 0 aliphatic heterocycles. The first kappa shape index (κ1) is 21.2. The van der Waals surface area contributed by atoms with Crippen LogP contribution in [0.1, 0.15) is 77.8 Å². The van der Waals surface area contributed by atoms with Gasteiger partial charge in [0.2, 0.25) is 6.29 Å². The molecule has 1 aromatic rings. The van der Waals surface area contributed by atoms with Crippen LogP contribution in [0.3, 0.4) is 0 Å². The van der Waals surface area contributed by atoms with Gasteiger partial charge in [0.05, 0.1) is 0 Å². The lowest BCUT2D eigenvalue weighted by Crippen LogP contribution is -2.24. The van der Waals surface area contributed by atoms with Gasteiger partial charge in [0.15, 0.2) is 0 Å². The van der Waals surface area contributed by atoms with Crippen molar-refractivity contribution in [2.75, 3.05) is 0 Å². The number of aryl methyl sites for hydroxylation is 1.